The van der Waals surface area contributed by atoms with E-state index < -0.39 is 0 Å². The minimum absolute atomic E-state index is 0.0459. The number of carbonyl (C=O) groups is 1. The molecule has 0 spiro atoms. The summed E-state index contributed by atoms with van der Waals surface area (Å²) in [5.41, 5.74) is 11.7. The van der Waals surface area contributed by atoms with Gasteiger partial charge in [-0.2, -0.15) is 0 Å². The highest BCUT2D eigenvalue weighted by atomic mass is 35.5. The average molecular weight is 465 g/mol. The van der Waals surface area contributed by atoms with E-state index in [9.17, 15) is 9.90 Å². The van der Waals surface area contributed by atoms with E-state index in [1.54, 1.807) is 17.2 Å². The number of carbonyl (C=O) groups excluding carboxylic acids is 1. The summed E-state index contributed by atoms with van der Waals surface area (Å²) in [6, 6.07) is 11.1. The van der Waals surface area contributed by atoms with Crippen LogP contribution in [0.5, 0.6) is 0 Å². The number of ether oxygens (including phenoxy) is 1. The van der Waals surface area contributed by atoms with Crippen LogP contribution in [0.3, 0.4) is 0 Å². The summed E-state index contributed by atoms with van der Waals surface area (Å²) in [6.07, 6.45) is 3.60. The largest absolute Gasteiger partial charge is 0.392 e. The molecule has 0 bridgehead atoms. The van der Waals surface area contributed by atoms with Crippen molar-refractivity contribution in [2.24, 2.45) is 0 Å². The number of nitrogen functional groups attached to an aromatic ring is 1. The van der Waals surface area contributed by atoms with Crippen LogP contribution in [0.15, 0.2) is 42.6 Å². The first-order chi connectivity index (χ1) is 16.0. The van der Waals surface area contributed by atoms with Crippen molar-refractivity contribution >= 4 is 23.3 Å². The maximum Gasteiger partial charge on any atom is 0.254 e. The number of hydrogen-bond acceptors (Lipinski definition) is 6. The summed E-state index contributed by atoms with van der Waals surface area (Å²) in [6.45, 7) is 2.13. The minimum Gasteiger partial charge on any atom is -0.392 e. The van der Waals surface area contributed by atoms with Crippen molar-refractivity contribution in [1.82, 2.24) is 14.9 Å². The molecule has 0 unspecified atom stereocenters. The molecule has 1 aromatic heterocycles. The number of nitrogens with zero attached hydrogens (tertiary/aromatic N) is 3. The van der Waals surface area contributed by atoms with E-state index in [2.05, 4.69) is 4.98 Å². The molecule has 33 heavy (non-hydrogen) atoms. The van der Waals surface area contributed by atoms with Gasteiger partial charge >= 0.3 is 0 Å². The molecular weight excluding hydrogens is 440 g/mol. The molecule has 1 amide bonds. The van der Waals surface area contributed by atoms with Gasteiger partial charge in [-0.1, -0.05) is 29.8 Å². The lowest BCUT2D eigenvalue weighted by atomic mass is 9.96. The van der Waals surface area contributed by atoms with E-state index >= 15 is 0 Å². The number of aliphatic hydroxyl groups excluding tert-OH is 1. The first-order valence-corrected chi connectivity index (χ1v) is 11.4. The molecule has 2 aromatic carbocycles. The van der Waals surface area contributed by atoms with E-state index in [0.717, 1.165) is 48.4 Å². The fraction of sp³-hybridized carbons (Fsp3) is 0.320. The fourth-order valence-electron chi connectivity index (χ4n) is 4.60. The molecule has 1 saturated heterocycles. The van der Waals surface area contributed by atoms with Gasteiger partial charge in [-0.15, -0.1) is 0 Å². The molecule has 3 heterocycles. The van der Waals surface area contributed by atoms with E-state index in [0.29, 0.717) is 46.7 Å². The summed E-state index contributed by atoms with van der Waals surface area (Å²) in [7, 11) is 0. The molecule has 3 aromatic rings. The molecule has 2 aliphatic heterocycles. The van der Waals surface area contributed by atoms with Crippen molar-refractivity contribution in [1.29, 1.82) is 0 Å². The lowest BCUT2D eigenvalue weighted by Crippen LogP contribution is -2.24. The third kappa shape index (κ3) is 4.19. The van der Waals surface area contributed by atoms with Gasteiger partial charge in [0.15, 0.2) is 0 Å². The number of aliphatic hydroxyl groups is 1. The second-order valence-corrected chi connectivity index (χ2v) is 8.89. The number of rotatable bonds is 5. The minimum atomic E-state index is -0.171. The fourth-order valence-corrected chi connectivity index (χ4v) is 4.86. The number of fused-ring (bicyclic) bond motifs is 1. The Bertz CT molecular complexity index is 1210. The van der Waals surface area contributed by atoms with Gasteiger partial charge < -0.3 is 20.5 Å². The van der Waals surface area contributed by atoms with Crippen molar-refractivity contribution < 1.29 is 14.6 Å². The first-order valence-electron chi connectivity index (χ1n) is 11.0. The van der Waals surface area contributed by atoms with Gasteiger partial charge in [-0.25, -0.2) is 9.97 Å². The Kier molecular flexibility index (Phi) is 6.01. The van der Waals surface area contributed by atoms with E-state index in [-0.39, 0.29) is 12.5 Å². The predicted octanol–water partition coefficient (Wildman–Crippen LogP) is 3.92. The Labute approximate surface area is 197 Å². The van der Waals surface area contributed by atoms with E-state index in [4.69, 9.17) is 27.1 Å². The Morgan fingerprint density at radius 2 is 2.03 bits per heavy atom. The van der Waals surface area contributed by atoms with E-state index in [1.807, 2.05) is 30.3 Å². The first kappa shape index (κ1) is 21.8. The van der Waals surface area contributed by atoms with Gasteiger partial charge in [0.25, 0.3) is 5.91 Å². The number of aromatic nitrogens is 2. The van der Waals surface area contributed by atoms with Crippen LogP contribution in [0.2, 0.25) is 5.02 Å². The highest BCUT2D eigenvalue weighted by Gasteiger charge is 2.29. The van der Waals surface area contributed by atoms with Crippen LogP contribution >= 0.6 is 11.6 Å². The predicted molar refractivity (Wildman–Crippen MR) is 126 cm³/mol. The van der Waals surface area contributed by atoms with Gasteiger partial charge in [-0.3, -0.25) is 4.79 Å². The highest BCUT2D eigenvalue weighted by Crippen LogP contribution is 2.33. The Morgan fingerprint density at radius 1 is 1.21 bits per heavy atom. The topological polar surface area (TPSA) is 102 Å². The second kappa shape index (κ2) is 9.09. The molecule has 170 valence electrons. The smallest absolute Gasteiger partial charge is 0.254 e. The number of anilines is 1. The summed E-state index contributed by atoms with van der Waals surface area (Å²) < 4.78 is 5.46. The van der Waals surface area contributed by atoms with Crippen LogP contribution in [0.4, 0.5) is 5.82 Å². The SMILES string of the molecule is Nc1ncc(C2CCOCC2)nc1-c1ccc2c(c1)CN(Cc1cccc(Cl)c1CO)C2=O. The molecule has 2 aliphatic rings. The zero-order valence-electron chi connectivity index (χ0n) is 18.1. The summed E-state index contributed by atoms with van der Waals surface area (Å²) in [4.78, 5) is 24.0. The van der Waals surface area contributed by atoms with Crippen molar-refractivity contribution in [3.63, 3.8) is 0 Å². The highest BCUT2D eigenvalue weighted by molar-refractivity contribution is 6.31. The molecule has 5 rings (SSSR count). The third-order valence-corrected chi connectivity index (χ3v) is 6.81. The number of benzene rings is 2. The normalized spacial score (nSPS) is 16.3. The Balaban J connectivity index is 1.41. The molecular formula is C25H25ClN4O3. The van der Waals surface area contributed by atoms with Gasteiger partial charge in [0.2, 0.25) is 0 Å². The van der Waals surface area contributed by atoms with Crippen LogP contribution in [0, 0.1) is 0 Å². The quantitative estimate of drug-likeness (QED) is 0.593. The van der Waals surface area contributed by atoms with Gasteiger partial charge in [0.05, 0.1) is 18.5 Å². The molecule has 1 fully saturated rings. The number of amides is 1. The maximum absolute atomic E-state index is 13.0. The number of halogens is 1. The van der Waals surface area contributed by atoms with Crippen LogP contribution in [0.25, 0.3) is 11.3 Å². The lowest BCUT2D eigenvalue weighted by Gasteiger charge is -2.22. The molecule has 0 saturated carbocycles. The molecule has 8 heteroatoms. The number of hydrogen-bond donors (Lipinski definition) is 2. The molecule has 0 aliphatic carbocycles. The van der Waals surface area contributed by atoms with Crippen LogP contribution in [-0.2, 0) is 24.4 Å². The van der Waals surface area contributed by atoms with Crippen molar-refractivity contribution in [3.8, 4) is 11.3 Å². The summed E-state index contributed by atoms with van der Waals surface area (Å²) >= 11 is 6.22. The zero-order chi connectivity index (χ0) is 22.9. The van der Waals surface area contributed by atoms with Crippen LogP contribution in [-0.4, -0.2) is 39.1 Å². The van der Waals surface area contributed by atoms with Crippen molar-refractivity contribution in [2.75, 3.05) is 18.9 Å². The maximum atomic E-state index is 13.0. The van der Waals surface area contributed by atoms with Crippen molar-refractivity contribution in [3.05, 3.63) is 75.6 Å². The molecule has 0 radical (unpaired) electrons. The Hall–Kier alpha value is -3.00. The number of nitrogens with two attached hydrogens (primary N) is 1. The lowest BCUT2D eigenvalue weighted by molar-refractivity contribution is 0.0765. The van der Waals surface area contributed by atoms with Crippen LogP contribution < -0.4 is 5.73 Å². The van der Waals surface area contributed by atoms with E-state index in [1.165, 1.54) is 0 Å². The molecule has 7 nitrogen and oxygen atoms in total. The summed E-state index contributed by atoms with van der Waals surface area (Å²) in [5, 5.41) is 10.2. The second-order valence-electron chi connectivity index (χ2n) is 8.48. The van der Waals surface area contributed by atoms with Gasteiger partial charge in [0, 0.05) is 53.9 Å². The summed E-state index contributed by atoms with van der Waals surface area (Å²) in [5.74, 6) is 0.643. The molecule has 3 N–H and O–H groups in total. The molecule has 0 atom stereocenters. The van der Waals surface area contributed by atoms with Gasteiger partial charge in [-0.05, 0) is 42.2 Å². The van der Waals surface area contributed by atoms with Crippen molar-refractivity contribution in [2.45, 2.75) is 38.5 Å². The van der Waals surface area contributed by atoms with Crippen LogP contribution in [0.1, 0.15) is 51.5 Å². The zero-order valence-corrected chi connectivity index (χ0v) is 18.9. The standard InChI is InChI=1S/C25H25ClN4O3/c26-21-3-1-2-17(20(21)14-31)12-30-13-18-10-16(4-5-19(18)25(30)32)23-24(27)28-11-22(29-23)15-6-8-33-9-7-15/h1-5,10-11,15,31H,6-9,12-14H2,(H2,27,28). The average Bonchev–Trinajstić information content (AvgIpc) is 3.14. The monoisotopic (exact) mass is 464 g/mol. The van der Waals surface area contributed by atoms with Gasteiger partial charge in [0.1, 0.15) is 11.5 Å². The Morgan fingerprint density at radius 3 is 2.82 bits per heavy atom. The third-order valence-electron chi connectivity index (χ3n) is 6.45.